The van der Waals surface area contributed by atoms with Gasteiger partial charge >= 0.3 is 0 Å². The maximum atomic E-state index is 11.5. The summed E-state index contributed by atoms with van der Waals surface area (Å²) in [6.45, 7) is 2.02. The first kappa shape index (κ1) is 23.0. The van der Waals surface area contributed by atoms with Gasteiger partial charge in [0.2, 0.25) is 16.0 Å². The van der Waals surface area contributed by atoms with Crippen LogP contribution in [0.2, 0.25) is 0 Å². The van der Waals surface area contributed by atoms with Crippen molar-refractivity contribution < 1.29 is 8.42 Å². The van der Waals surface area contributed by atoms with E-state index >= 15 is 0 Å². The zero-order chi connectivity index (χ0) is 24.6. The van der Waals surface area contributed by atoms with E-state index in [-0.39, 0.29) is 17.2 Å². The van der Waals surface area contributed by atoms with Crippen LogP contribution in [-0.4, -0.2) is 48.1 Å². The maximum Gasteiger partial charge on any atom is 0.230 e. The number of likely N-dealkylation sites (N-methyl/N-ethyl adjacent to an activating group) is 1. The number of rotatable bonds is 6. The van der Waals surface area contributed by atoms with Crippen LogP contribution in [0.25, 0.3) is 0 Å². The number of hydrogen-bond acceptors (Lipinski definition) is 9. The molecule has 5 rings (SSSR count). The number of sulfonamides is 1. The molecule has 0 radical (unpaired) electrons. The Labute approximate surface area is 204 Å². The first-order valence-corrected chi connectivity index (χ1v) is 13.3. The van der Waals surface area contributed by atoms with E-state index in [0.29, 0.717) is 17.7 Å². The monoisotopic (exact) mass is 490 g/mol. The molecule has 2 aliphatic rings. The molecule has 2 aromatic heterocycles. The highest BCUT2D eigenvalue weighted by molar-refractivity contribution is 7.92. The Hall–Kier alpha value is -3.75. The lowest BCUT2D eigenvalue weighted by atomic mass is 9.77. The normalized spacial score (nSPS) is 17.2. The molecule has 1 aromatic carbocycles. The fraction of sp³-hybridized carbons (Fsp3) is 0.333. The van der Waals surface area contributed by atoms with Crippen LogP contribution in [0.4, 0.5) is 29.1 Å². The van der Waals surface area contributed by atoms with Gasteiger partial charge in [-0.1, -0.05) is 6.07 Å². The Morgan fingerprint density at radius 2 is 1.94 bits per heavy atom. The first-order valence-electron chi connectivity index (χ1n) is 11.4. The van der Waals surface area contributed by atoms with Crippen LogP contribution in [0.3, 0.4) is 0 Å². The van der Waals surface area contributed by atoms with Gasteiger partial charge in [0, 0.05) is 18.8 Å². The first-order chi connectivity index (χ1) is 16.8. The van der Waals surface area contributed by atoms with Crippen molar-refractivity contribution in [3.63, 3.8) is 0 Å². The fourth-order valence-corrected chi connectivity index (χ4v) is 5.42. The standard InChI is InChI=1S/C24H26N8O2S/c1-32-13-16-6-3-5-15-9-19(10-17(14-32)22(15)16)27-24-26-12-18(11-25)23(30-24)29-20-7-4-8-21(28-20)31-35(2,33)34/h4,7-10,12,16H,3,5-6,13-14H2,1-2H3,(H3,26,27,28,29,30,31). The van der Waals surface area contributed by atoms with E-state index in [2.05, 4.69) is 60.5 Å². The minimum absolute atomic E-state index is 0.162. The molecule has 3 N–H and O–H groups in total. The summed E-state index contributed by atoms with van der Waals surface area (Å²) in [5, 5.41) is 15.8. The van der Waals surface area contributed by atoms with Crippen LogP contribution in [-0.2, 0) is 23.0 Å². The van der Waals surface area contributed by atoms with E-state index in [0.717, 1.165) is 31.5 Å². The molecule has 0 spiro atoms. The van der Waals surface area contributed by atoms with Gasteiger partial charge in [0.25, 0.3) is 0 Å². The van der Waals surface area contributed by atoms with Gasteiger partial charge in [-0.3, -0.25) is 4.72 Å². The largest absolute Gasteiger partial charge is 0.324 e. The number of nitrogens with zero attached hydrogens (tertiary/aromatic N) is 5. The summed E-state index contributed by atoms with van der Waals surface area (Å²) in [5.41, 5.74) is 5.40. The molecule has 10 nitrogen and oxygen atoms in total. The molecule has 180 valence electrons. The number of aryl methyl sites for hydroxylation is 1. The van der Waals surface area contributed by atoms with Crippen molar-refractivity contribution in [1.82, 2.24) is 19.9 Å². The lowest BCUT2D eigenvalue weighted by molar-refractivity contribution is 0.266. The second-order valence-corrected chi connectivity index (χ2v) is 10.8. The van der Waals surface area contributed by atoms with Crippen LogP contribution < -0.4 is 15.4 Å². The summed E-state index contributed by atoms with van der Waals surface area (Å²) in [4.78, 5) is 15.4. The Balaban J connectivity index is 1.42. The molecule has 11 heteroatoms. The number of nitrogens with one attached hydrogen (secondary N) is 3. The minimum atomic E-state index is -3.47. The van der Waals surface area contributed by atoms with Crippen LogP contribution in [0.5, 0.6) is 0 Å². The van der Waals surface area contributed by atoms with Gasteiger partial charge in [0.05, 0.1) is 12.5 Å². The number of hydrogen-bond donors (Lipinski definition) is 3. The van der Waals surface area contributed by atoms with Gasteiger partial charge in [0.1, 0.15) is 23.3 Å². The highest BCUT2D eigenvalue weighted by Crippen LogP contribution is 2.40. The van der Waals surface area contributed by atoms with Crippen LogP contribution in [0, 0.1) is 11.3 Å². The molecular weight excluding hydrogens is 464 g/mol. The summed E-state index contributed by atoms with van der Waals surface area (Å²) >= 11 is 0. The summed E-state index contributed by atoms with van der Waals surface area (Å²) in [5.74, 6) is 1.72. The average Bonchev–Trinajstić information content (AvgIpc) is 2.78. The molecule has 0 fully saturated rings. The van der Waals surface area contributed by atoms with Gasteiger partial charge in [-0.25, -0.2) is 18.4 Å². The molecule has 0 bridgehead atoms. The predicted molar refractivity (Wildman–Crippen MR) is 134 cm³/mol. The predicted octanol–water partition coefficient (Wildman–Crippen LogP) is 3.47. The molecule has 1 aliphatic heterocycles. The van der Waals surface area contributed by atoms with Crippen molar-refractivity contribution in [2.45, 2.75) is 31.7 Å². The van der Waals surface area contributed by atoms with E-state index in [1.54, 1.807) is 12.1 Å². The molecule has 1 unspecified atom stereocenters. The van der Waals surface area contributed by atoms with Crippen molar-refractivity contribution in [1.29, 1.82) is 5.26 Å². The summed E-state index contributed by atoms with van der Waals surface area (Å²) in [6.07, 6.45) is 6.00. The number of nitriles is 1. The third-order valence-electron chi connectivity index (χ3n) is 6.18. The zero-order valence-electron chi connectivity index (χ0n) is 19.5. The molecule has 35 heavy (non-hydrogen) atoms. The van der Waals surface area contributed by atoms with Crippen LogP contribution in [0.15, 0.2) is 36.5 Å². The number of pyridine rings is 1. The maximum absolute atomic E-state index is 11.5. The highest BCUT2D eigenvalue weighted by Gasteiger charge is 2.29. The minimum Gasteiger partial charge on any atom is -0.324 e. The van der Waals surface area contributed by atoms with E-state index in [1.165, 1.54) is 41.8 Å². The van der Waals surface area contributed by atoms with Gasteiger partial charge in [-0.05, 0) is 73.2 Å². The van der Waals surface area contributed by atoms with Gasteiger partial charge in [-0.2, -0.15) is 10.2 Å². The summed E-state index contributed by atoms with van der Waals surface area (Å²) in [7, 11) is -1.31. The van der Waals surface area contributed by atoms with E-state index in [9.17, 15) is 13.7 Å². The molecular formula is C24H26N8O2S. The van der Waals surface area contributed by atoms with Crippen LogP contribution in [0.1, 0.15) is 41.0 Å². The third kappa shape index (κ3) is 5.18. The summed E-state index contributed by atoms with van der Waals surface area (Å²) < 4.78 is 25.4. The quantitative estimate of drug-likeness (QED) is 0.474. The Bertz CT molecular complexity index is 1430. The van der Waals surface area contributed by atoms with E-state index in [4.69, 9.17) is 0 Å². The second-order valence-electron chi connectivity index (χ2n) is 9.09. The van der Waals surface area contributed by atoms with Crippen molar-refractivity contribution in [2.75, 3.05) is 35.2 Å². The average molecular weight is 491 g/mol. The van der Waals surface area contributed by atoms with E-state index < -0.39 is 10.0 Å². The number of aromatic nitrogens is 3. The Kier molecular flexibility index (Phi) is 6.00. The highest BCUT2D eigenvalue weighted by atomic mass is 32.2. The van der Waals surface area contributed by atoms with Gasteiger partial charge in [0.15, 0.2) is 5.82 Å². The molecule has 3 heterocycles. The van der Waals surface area contributed by atoms with Crippen molar-refractivity contribution in [2.24, 2.45) is 0 Å². The molecule has 0 amide bonds. The third-order valence-corrected chi connectivity index (χ3v) is 6.76. The summed E-state index contributed by atoms with van der Waals surface area (Å²) in [6, 6.07) is 11.3. The topological polar surface area (TPSA) is 136 Å². The fourth-order valence-electron chi connectivity index (χ4n) is 4.93. The molecule has 0 saturated heterocycles. The molecule has 1 aliphatic carbocycles. The SMILES string of the molecule is CN1Cc2cc(Nc3ncc(C#N)c(Nc4cccc(NS(C)(=O)=O)n4)n3)cc3c2C(CCC3)C1. The van der Waals surface area contributed by atoms with E-state index in [1.807, 2.05) is 0 Å². The number of anilines is 5. The van der Waals surface area contributed by atoms with Gasteiger partial charge < -0.3 is 15.5 Å². The molecule has 0 saturated carbocycles. The van der Waals surface area contributed by atoms with Crippen molar-refractivity contribution in [3.8, 4) is 6.07 Å². The lowest BCUT2D eigenvalue weighted by Gasteiger charge is -2.37. The van der Waals surface area contributed by atoms with Gasteiger partial charge in [-0.15, -0.1) is 0 Å². The van der Waals surface area contributed by atoms with Crippen molar-refractivity contribution in [3.05, 3.63) is 58.8 Å². The molecule has 1 atom stereocenters. The molecule has 3 aromatic rings. The lowest BCUT2D eigenvalue weighted by Crippen LogP contribution is -2.33. The number of benzene rings is 1. The van der Waals surface area contributed by atoms with Crippen molar-refractivity contribution >= 4 is 39.1 Å². The smallest absolute Gasteiger partial charge is 0.230 e. The Morgan fingerprint density at radius 3 is 2.74 bits per heavy atom. The van der Waals surface area contributed by atoms with Crippen LogP contribution >= 0.6 is 0 Å². The Morgan fingerprint density at radius 1 is 1.14 bits per heavy atom. The second kappa shape index (κ2) is 9.13. The zero-order valence-corrected chi connectivity index (χ0v) is 20.4.